The van der Waals surface area contributed by atoms with Gasteiger partial charge in [0, 0.05) is 6.04 Å². The summed E-state index contributed by atoms with van der Waals surface area (Å²) in [4.78, 5) is 0. The number of aryl methyl sites for hydroxylation is 1. The van der Waals surface area contributed by atoms with E-state index in [0.717, 1.165) is 6.42 Å². The Labute approximate surface area is 81.0 Å². The molecule has 1 nitrogen and oxygen atoms in total. The number of hydrogen-bond donors (Lipinski definition) is 1. The van der Waals surface area contributed by atoms with Crippen molar-refractivity contribution in [1.29, 1.82) is 0 Å². The topological polar surface area (TPSA) is 26.0 Å². The fourth-order valence-electron chi connectivity index (χ4n) is 1.46. The van der Waals surface area contributed by atoms with Gasteiger partial charge in [0.2, 0.25) is 0 Å². The molecule has 1 aromatic carbocycles. The summed E-state index contributed by atoms with van der Waals surface area (Å²) < 4.78 is 0. The third-order valence-electron chi connectivity index (χ3n) is 2.23. The molecule has 2 N–H and O–H groups in total. The molecule has 13 heavy (non-hydrogen) atoms. The van der Waals surface area contributed by atoms with Crippen molar-refractivity contribution < 1.29 is 0 Å². The van der Waals surface area contributed by atoms with Gasteiger partial charge >= 0.3 is 0 Å². The van der Waals surface area contributed by atoms with E-state index in [1.54, 1.807) is 0 Å². The zero-order valence-electron chi connectivity index (χ0n) is 8.75. The molecule has 0 saturated heterocycles. The molecule has 0 aliphatic heterocycles. The fraction of sp³-hybridized carbons (Fsp3) is 0.500. The average Bonchev–Trinajstić information content (AvgIpc) is 2.04. The monoisotopic (exact) mass is 177 g/mol. The van der Waals surface area contributed by atoms with Gasteiger partial charge in [-0.2, -0.15) is 0 Å². The van der Waals surface area contributed by atoms with Crippen LogP contribution in [0, 0.1) is 12.8 Å². The second-order valence-electron chi connectivity index (χ2n) is 4.15. The lowest BCUT2D eigenvalue weighted by Crippen LogP contribution is -2.12. The first-order chi connectivity index (χ1) is 6.09. The fourth-order valence-corrected chi connectivity index (χ4v) is 1.46. The van der Waals surface area contributed by atoms with Crippen molar-refractivity contribution in [2.75, 3.05) is 0 Å². The lowest BCUT2D eigenvalue weighted by Gasteiger charge is -2.14. The Balaban J connectivity index is 2.66. The summed E-state index contributed by atoms with van der Waals surface area (Å²) in [5.41, 5.74) is 8.59. The van der Waals surface area contributed by atoms with Gasteiger partial charge in [-0.25, -0.2) is 0 Å². The summed E-state index contributed by atoms with van der Waals surface area (Å²) in [6, 6.07) is 8.69. The first kappa shape index (κ1) is 10.3. The highest BCUT2D eigenvalue weighted by molar-refractivity contribution is 5.23. The van der Waals surface area contributed by atoms with Crippen LogP contribution in [0.1, 0.15) is 37.4 Å². The van der Waals surface area contributed by atoms with Gasteiger partial charge in [0.05, 0.1) is 0 Å². The van der Waals surface area contributed by atoms with Crippen molar-refractivity contribution in [3.05, 3.63) is 35.4 Å². The number of nitrogens with two attached hydrogens (primary N) is 1. The Hall–Kier alpha value is -0.820. The van der Waals surface area contributed by atoms with Crippen LogP contribution in [0.2, 0.25) is 0 Å². The van der Waals surface area contributed by atoms with Crippen LogP contribution < -0.4 is 5.73 Å². The Morgan fingerprint density at radius 3 is 2.15 bits per heavy atom. The molecule has 1 heteroatoms. The van der Waals surface area contributed by atoms with Gasteiger partial charge < -0.3 is 5.73 Å². The molecular formula is C12H19N. The van der Waals surface area contributed by atoms with Gasteiger partial charge in [0.15, 0.2) is 0 Å². The lowest BCUT2D eigenvalue weighted by molar-refractivity contribution is 0.510. The standard InChI is InChI=1S/C12H19N/c1-9(2)8-12(13)11-6-4-10(3)5-7-11/h4-7,9,12H,8,13H2,1-3H3. The minimum absolute atomic E-state index is 0.195. The number of hydrogen-bond acceptors (Lipinski definition) is 1. The van der Waals surface area contributed by atoms with Crippen LogP contribution in [-0.2, 0) is 0 Å². The molecule has 0 radical (unpaired) electrons. The summed E-state index contributed by atoms with van der Waals surface area (Å²) in [6.07, 6.45) is 1.06. The molecule has 1 atom stereocenters. The Morgan fingerprint density at radius 2 is 1.69 bits per heavy atom. The average molecular weight is 177 g/mol. The van der Waals surface area contributed by atoms with E-state index in [0.29, 0.717) is 5.92 Å². The maximum absolute atomic E-state index is 6.05. The molecule has 0 saturated carbocycles. The third-order valence-corrected chi connectivity index (χ3v) is 2.23. The highest BCUT2D eigenvalue weighted by atomic mass is 14.6. The number of rotatable bonds is 3. The van der Waals surface area contributed by atoms with Crippen molar-refractivity contribution in [3.63, 3.8) is 0 Å². The Bertz CT molecular complexity index is 248. The van der Waals surface area contributed by atoms with Crippen molar-refractivity contribution in [3.8, 4) is 0 Å². The van der Waals surface area contributed by atoms with E-state index in [2.05, 4.69) is 45.0 Å². The zero-order valence-corrected chi connectivity index (χ0v) is 8.75. The van der Waals surface area contributed by atoms with E-state index in [4.69, 9.17) is 5.73 Å². The van der Waals surface area contributed by atoms with E-state index in [9.17, 15) is 0 Å². The Morgan fingerprint density at radius 1 is 1.15 bits per heavy atom. The van der Waals surface area contributed by atoms with E-state index in [1.807, 2.05) is 0 Å². The van der Waals surface area contributed by atoms with E-state index < -0.39 is 0 Å². The first-order valence-electron chi connectivity index (χ1n) is 4.91. The molecular weight excluding hydrogens is 158 g/mol. The first-order valence-corrected chi connectivity index (χ1v) is 4.91. The molecule has 0 heterocycles. The van der Waals surface area contributed by atoms with Crippen molar-refractivity contribution in [2.45, 2.75) is 33.2 Å². The highest BCUT2D eigenvalue weighted by Gasteiger charge is 2.07. The van der Waals surface area contributed by atoms with Crippen LogP contribution in [0.5, 0.6) is 0 Å². The quantitative estimate of drug-likeness (QED) is 0.754. The van der Waals surface area contributed by atoms with Gasteiger partial charge in [0.25, 0.3) is 0 Å². The molecule has 0 bridgehead atoms. The summed E-state index contributed by atoms with van der Waals surface area (Å²) in [5.74, 6) is 0.663. The third kappa shape index (κ3) is 3.19. The summed E-state index contributed by atoms with van der Waals surface area (Å²) in [6.45, 7) is 6.50. The molecule has 0 fully saturated rings. The van der Waals surface area contributed by atoms with Crippen LogP contribution in [0.3, 0.4) is 0 Å². The SMILES string of the molecule is Cc1ccc(C(N)CC(C)C)cc1. The van der Waals surface area contributed by atoms with Crippen molar-refractivity contribution >= 4 is 0 Å². The van der Waals surface area contributed by atoms with Gasteiger partial charge in [-0.3, -0.25) is 0 Å². The van der Waals surface area contributed by atoms with Crippen LogP contribution in [-0.4, -0.2) is 0 Å². The maximum atomic E-state index is 6.05. The van der Waals surface area contributed by atoms with Gasteiger partial charge in [-0.05, 0) is 24.8 Å². The molecule has 0 aromatic heterocycles. The van der Waals surface area contributed by atoms with Gasteiger partial charge in [-0.15, -0.1) is 0 Å². The van der Waals surface area contributed by atoms with Crippen LogP contribution in [0.4, 0.5) is 0 Å². The predicted octanol–water partition coefficient (Wildman–Crippen LogP) is 3.04. The summed E-state index contributed by atoms with van der Waals surface area (Å²) in [5, 5.41) is 0. The van der Waals surface area contributed by atoms with Gasteiger partial charge in [0.1, 0.15) is 0 Å². The van der Waals surface area contributed by atoms with Crippen molar-refractivity contribution in [2.24, 2.45) is 11.7 Å². The molecule has 1 rings (SSSR count). The number of benzene rings is 1. The molecule has 1 unspecified atom stereocenters. The predicted molar refractivity (Wildman–Crippen MR) is 57.6 cm³/mol. The second-order valence-corrected chi connectivity index (χ2v) is 4.15. The van der Waals surface area contributed by atoms with Crippen LogP contribution in [0.25, 0.3) is 0 Å². The van der Waals surface area contributed by atoms with Gasteiger partial charge in [-0.1, -0.05) is 43.7 Å². The van der Waals surface area contributed by atoms with E-state index in [1.165, 1.54) is 11.1 Å². The summed E-state index contributed by atoms with van der Waals surface area (Å²) in [7, 11) is 0. The van der Waals surface area contributed by atoms with E-state index in [-0.39, 0.29) is 6.04 Å². The maximum Gasteiger partial charge on any atom is 0.0297 e. The van der Waals surface area contributed by atoms with Crippen molar-refractivity contribution in [1.82, 2.24) is 0 Å². The molecule has 72 valence electrons. The normalized spacial score (nSPS) is 13.3. The molecule has 0 aliphatic carbocycles. The minimum atomic E-state index is 0.195. The molecule has 0 amide bonds. The summed E-state index contributed by atoms with van der Waals surface area (Å²) >= 11 is 0. The Kier molecular flexibility index (Phi) is 3.49. The molecule has 0 spiro atoms. The minimum Gasteiger partial charge on any atom is -0.324 e. The van der Waals surface area contributed by atoms with E-state index >= 15 is 0 Å². The second kappa shape index (κ2) is 4.43. The van der Waals surface area contributed by atoms with Crippen LogP contribution in [0.15, 0.2) is 24.3 Å². The highest BCUT2D eigenvalue weighted by Crippen LogP contribution is 2.18. The van der Waals surface area contributed by atoms with Crippen LogP contribution >= 0.6 is 0 Å². The zero-order chi connectivity index (χ0) is 9.84. The smallest absolute Gasteiger partial charge is 0.0297 e. The molecule has 1 aromatic rings. The lowest BCUT2D eigenvalue weighted by atomic mass is 9.97. The molecule has 0 aliphatic rings. The largest absolute Gasteiger partial charge is 0.324 e.